The van der Waals surface area contributed by atoms with Gasteiger partial charge in [-0.3, -0.25) is 4.79 Å². The number of methoxy groups -OCH3 is 1. The number of sulfonamides is 1. The minimum absolute atomic E-state index is 0.0674. The molecule has 2 aromatic carbocycles. The summed E-state index contributed by atoms with van der Waals surface area (Å²) >= 11 is 0. The molecule has 0 aromatic heterocycles. The van der Waals surface area contributed by atoms with Crippen LogP contribution < -0.4 is 4.72 Å². The fraction of sp³-hybridized carbons (Fsp3) is 0.409. The summed E-state index contributed by atoms with van der Waals surface area (Å²) in [5.74, 6) is -0.243. The number of nitrogens with zero attached hydrogens (tertiary/aromatic N) is 1. The van der Waals surface area contributed by atoms with Crippen molar-refractivity contribution in [3.8, 4) is 0 Å². The molecule has 0 bridgehead atoms. The van der Waals surface area contributed by atoms with E-state index in [1.807, 2.05) is 30.3 Å². The van der Waals surface area contributed by atoms with E-state index in [4.69, 9.17) is 9.47 Å². The van der Waals surface area contributed by atoms with Crippen LogP contribution in [0, 0.1) is 0 Å². The minimum atomic E-state index is -3.73. The van der Waals surface area contributed by atoms with E-state index in [1.165, 1.54) is 12.1 Å². The summed E-state index contributed by atoms with van der Waals surface area (Å²) in [6.45, 7) is 2.10. The molecule has 1 unspecified atom stereocenters. The Bertz CT molecular complexity index is 928. The molecule has 8 heteroatoms. The maximum atomic E-state index is 13.1. The molecular weight excluding hydrogens is 404 g/mol. The third-order valence-electron chi connectivity index (χ3n) is 4.99. The molecular formula is C22H28N2O5S. The molecule has 0 radical (unpaired) electrons. The van der Waals surface area contributed by atoms with Crippen molar-refractivity contribution >= 4 is 15.9 Å². The highest BCUT2D eigenvalue weighted by Gasteiger charge is 2.22. The first-order valence-electron chi connectivity index (χ1n) is 10.0. The van der Waals surface area contributed by atoms with Gasteiger partial charge in [0.1, 0.15) is 0 Å². The second-order valence-corrected chi connectivity index (χ2v) is 8.99. The van der Waals surface area contributed by atoms with Crippen LogP contribution in [0.25, 0.3) is 0 Å². The number of carbonyl (C=O) groups is 1. The zero-order valence-electron chi connectivity index (χ0n) is 17.1. The third-order valence-corrected chi connectivity index (χ3v) is 6.41. The Balaban J connectivity index is 1.75. The van der Waals surface area contributed by atoms with Crippen molar-refractivity contribution in [3.63, 3.8) is 0 Å². The lowest BCUT2D eigenvalue weighted by atomic mass is 10.1. The van der Waals surface area contributed by atoms with Crippen LogP contribution >= 0.6 is 0 Å². The van der Waals surface area contributed by atoms with Crippen molar-refractivity contribution in [3.05, 3.63) is 65.7 Å². The molecule has 1 saturated heterocycles. The van der Waals surface area contributed by atoms with Crippen molar-refractivity contribution in [2.45, 2.75) is 30.4 Å². The molecule has 0 saturated carbocycles. The van der Waals surface area contributed by atoms with Crippen LogP contribution in [0.4, 0.5) is 0 Å². The topological polar surface area (TPSA) is 84.9 Å². The normalized spacial score (nSPS) is 16.5. The number of carbonyl (C=O) groups excluding carboxylic acids is 1. The fourth-order valence-electron chi connectivity index (χ4n) is 3.33. The number of benzene rings is 2. The van der Waals surface area contributed by atoms with Gasteiger partial charge in [-0.1, -0.05) is 36.4 Å². The Morgan fingerprint density at radius 1 is 1.20 bits per heavy atom. The van der Waals surface area contributed by atoms with Crippen molar-refractivity contribution < 1.29 is 22.7 Å². The SMILES string of the molecule is COCCN(Cc1ccccc1)C(=O)c1cccc(S(=O)(=O)NCC2CCCO2)c1. The molecule has 1 fully saturated rings. The monoisotopic (exact) mass is 432 g/mol. The van der Waals surface area contributed by atoms with Crippen LogP contribution in [0.3, 0.4) is 0 Å². The van der Waals surface area contributed by atoms with Gasteiger partial charge in [0.2, 0.25) is 10.0 Å². The van der Waals surface area contributed by atoms with Gasteiger partial charge in [0.25, 0.3) is 5.91 Å². The van der Waals surface area contributed by atoms with Gasteiger partial charge in [0, 0.05) is 38.9 Å². The highest BCUT2D eigenvalue weighted by molar-refractivity contribution is 7.89. The van der Waals surface area contributed by atoms with E-state index < -0.39 is 10.0 Å². The Morgan fingerprint density at radius 3 is 2.70 bits per heavy atom. The number of hydrogen-bond donors (Lipinski definition) is 1. The molecule has 30 heavy (non-hydrogen) atoms. The molecule has 1 aliphatic heterocycles. The average molecular weight is 433 g/mol. The van der Waals surface area contributed by atoms with Crippen molar-refractivity contribution in [2.75, 3.05) is 33.4 Å². The van der Waals surface area contributed by atoms with Gasteiger partial charge in [0.05, 0.1) is 17.6 Å². The summed E-state index contributed by atoms with van der Waals surface area (Å²) in [6.07, 6.45) is 1.68. The Morgan fingerprint density at radius 2 is 2.00 bits per heavy atom. The number of rotatable bonds is 10. The third kappa shape index (κ3) is 6.12. The van der Waals surface area contributed by atoms with Crippen LogP contribution in [-0.2, 0) is 26.0 Å². The Labute approximate surface area is 178 Å². The molecule has 1 atom stereocenters. The lowest BCUT2D eigenvalue weighted by Gasteiger charge is -2.23. The van der Waals surface area contributed by atoms with E-state index in [0.717, 1.165) is 18.4 Å². The van der Waals surface area contributed by atoms with Crippen molar-refractivity contribution in [1.82, 2.24) is 9.62 Å². The lowest BCUT2D eigenvalue weighted by Crippen LogP contribution is -2.34. The van der Waals surface area contributed by atoms with Gasteiger partial charge in [-0.2, -0.15) is 0 Å². The van der Waals surface area contributed by atoms with E-state index in [9.17, 15) is 13.2 Å². The van der Waals surface area contributed by atoms with Crippen LogP contribution in [0.15, 0.2) is 59.5 Å². The summed E-state index contributed by atoms with van der Waals surface area (Å²) in [5.41, 5.74) is 1.31. The number of nitrogens with one attached hydrogen (secondary N) is 1. The van der Waals surface area contributed by atoms with Gasteiger partial charge in [-0.25, -0.2) is 13.1 Å². The van der Waals surface area contributed by atoms with E-state index in [1.54, 1.807) is 24.1 Å². The van der Waals surface area contributed by atoms with Gasteiger partial charge in [-0.15, -0.1) is 0 Å². The van der Waals surface area contributed by atoms with E-state index in [-0.39, 0.29) is 23.5 Å². The van der Waals surface area contributed by atoms with Gasteiger partial charge < -0.3 is 14.4 Å². The summed E-state index contributed by atoms with van der Waals surface area (Å²) in [7, 11) is -2.15. The summed E-state index contributed by atoms with van der Waals surface area (Å²) in [6, 6.07) is 15.8. The molecule has 1 amide bonds. The van der Waals surface area contributed by atoms with E-state index in [0.29, 0.717) is 31.9 Å². The number of amides is 1. The zero-order valence-corrected chi connectivity index (χ0v) is 17.9. The Hall–Kier alpha value is -2.26. The first-order valence-corrected chi connectivity index (χ1v) is 11.5. The van der Waals surface area contributed by atoms with Gasteiger partial charge in [-0.05, 0) is 36.6 Å². The first-order chi connectivity index (χ1) is 14.5. The first kappa shape index (κ1) is 22.4. The van der Waals surface area contributed by atoms with Crippen molar-refractivity contribution in [2.24, 2.45) is 0 Å². The largest absolute Gasteiger partial charge is 0.383 e. The molecule has 162 valence electrons. The molecule has 0 spiro atoms. The molecule has 3 rings (SSSR count). The smallest absolute Gasteiger partial charge is 0.254 e. The quantitative estimate of drug-likeness (QED) is 0.623. The molecule has 1 heterocycles. The average Bonchev–Trinajstić information content (AvgIpc) is 3.29. The summed E-state index contributed by atoms with van der Waals surface area (Å²) in [4.78, 5) is 14.9. The second kappa shape index (κ2) is 10.7. The number of ether oxygens (including phenoxy) is 2. The summed E-state index contributed by atoms with van der Waals surface area (Å²) in [5, 5.41) is 0. The van der Waals surface area contributed by atoms with E-state index in [2.05, 4.69) is 4.72 Å². The number of hydrogen-bond acceptors (Lipinski definition) is 5. The molecule has 1 N–H and O–H groups in total. The van der Waals surface area contributed by atoms with Gasteiger partial charge in [0.15, 0.2) is 0 Å². The maximum absolute atomic E-state index is 13.1. The molecule has 1 aliphatic rings. The van der Waals surface area contributed by atoms with Gasteiger partial charge >= 0.3 is 0 Å². The Kier molecular flexibility index (Phi) is 7.98. The van der Waals surface area contributed by atoms with E-state index >= 15 is 0 Å². The van der Waals surface area contributed by atoms with Crippen LogP contribution in [-0.4, -0.2) is 58.7 Å². The maximum Gasteiger partial charge on any atom is 0.254 e. The predicted octanol–water partition coefficient (Wildman–Crippen LogP) is 2.43. The van der Waals surface area contributed by atoms with Crippen molar-refractivity contribution in [1.29, 1.82) is 0 Å². The molecule has 7 nitrogen and oxygen atoms in total. The van der Waals surface area contributed by atoms with Crippen LogP contribution in [0.2, 0.25) is 0 Å². The van der Waals surface area contributed by atoms with Crippen LogP contribution in [0.5, 0.6) is 0 Å². The molecule has 2 aromatic rings. The summed E-state index contributed by atoms with van der Waals surface area (Å²) < 4.78 is 38.6. The minimum Gasteiger partial charge on any atom is -0.383 e. The highest BCUT2D eigenvalue weighted by Crippen LogP contribution is 2.17. The lowest BCUT2D eigenvalue weighted by molar-refractivity contribution is 0.0680. The predicted molar refractivity (Wildman–Crippen MR) is 114 cm³/mol. The highest BCUT2D eigenvalue weighted by atomic mass is 32.2. The fourth-order valence-corrected chi connectivity index (χ4v) is 4.44. The second-order valence-electron chi connectivity index (χ2n) is 7.22. The zero-order chi connectivity index (χ0) is 21.4. The van der Waals surface area contributed by atoms with Crippen LogP contribution in [0.1, 0.15) is 28.8 Å². The molecule has 0 aliphatic carbocycles. The standard InChI is InChI=1S/C22H28N2O5S/c1-28-14-12-24(17-18-7-3-2-4-8-18)22(25)19-9-5-11-21(15-19)30(26,27)23-16-20-10-6-13-29-20/h2-5,7-9,11,15,20,23H,6,10,12-14,16-17H2,1H3.